The highest BCUT2D eigenvalue weighted by Crippen LogP contribution is 2.31. The molecule has 14 heteroatoms. The number of halogens is 2. The molecule has 1 amide bonds. The molecule has 2 aromatic carbocycles. The Bertz CT molecular complexity index is 1550. The van der Waals surface area contributed by atoms with Crippen LogP contribution in [0.1, 0.15) is 34.5 Å². The first-order valence-corrected chi connectivity index (χ1v) is 15.4. The van der Waals surface area contributed by atoms with Crippen molar-refractivity contribution >= 4 is 33.1 Å². The number of carbonyl (C=O) groups excluding carboxylic acids is 1. The highest BCUT2D eigenvalue weighted by atomic mass is 32.2. The number of sulfonamides is 1. The maximum Gasteiger partial charge on any atom is 0.258 e. The monoisotopic (exact) mass is 602 g/mol. The van der Waals surface area contributed by atoms with Crippen LogP contribution < -0.4 is 15.5 Å². The number of fused-ring (bicyclic) bond motifs is 1. The molecule has 2 fully saturated rings. The molecule has 0 atom stereocenters. The highest BCUT2D eigenvalue weighted by molar-refractivity contribution is 7.89. The summed E-state index contributed by atoms with van der Waals surface area (Å²) in [6, 6.07) is 8.00. The zero-order chi connectivity index (χ0) is 29.3. The number of hydrogen-bond donors (Lipinski definition) is 3. The van der Waals surface area contributed by atoms with Crippen LogP contribution in [0.25, 0.3) is 0 Å². The summed E-state index contributed by atoms with van der Waals surface area (Å²) in [6.07, 6.45) is 1.92. The molecule has 11 nitrogen and oxygen atoms in total. The van der Waals surface area contributed by atoms with Crippen LogP contribution in [0, 0.1) is 11.6 Å². The number of nitrogens with zero attached hydrogens (tertiary/aromatic N) is 3. The van der Waals surface area contributed by atoms with Gasteiger partial charge in [0.2, 0.25) is 10.0 Å². The lowest BCUT2D eigenvalue weighted by Gasteiger charge is -2.30. The van der Waals surface area contributed by atoms with Gasteiger partial charge in [-0.15, -0.1) is 0 Å². The van der Waals surface area contributed by atoms with E-state index in [9.17, 15) is 22.0 Å². The molecule has 0 spiro atoms. The summed E-state index contributed by atoms with van der Waals surface area (Å²) in [4.78, 5) is 15.4. The number of anilines is 3. The number of amides is 1. The van der Waals surface area contributed by atoms with Crippen molar-refractivity contribution in [3.8, 4) is 0 Å². The van der Waals surface area contributed by atoms with E-state index >= 15 is 0 Å². The number of aromatic amines is 1. The lowest BCUT2D eigenvalue weighted by atomic mass is 10.1. The molecule has 0 aliphatic carbocycles. The van der Waals surface area contributed by atoms with Crippen LogP contribution in [-0.4, -0.2) is 80.9 Å². The van der Waals surface area contributed by atoms with E-state index in [2.05, 4.69) is 25.7 Å². The fourth-order valence-electron chi connectivity index (χ4n) is 5.51. The number of rotatable bonds is 7. The largest absolute Gasteiger partial charge is 0.381 e. The maximum atomic E-state index is 13.8. The number of ether oxygens (including phenoxy) is 2. The molecule has 1 aromatic heterocycles. The maximum absolute atomic E-state index is 13.8. The molecule has 3 aliphatic heterocycles. The number of benzene rings is 2. The second kappa shape index (κ2) is 12.0. The SMILES string of the molecule is O=C(Nc1n[nH]c2c1CN(S(=O)(=O)c1cc(F)cc(F)c1)CC2)c1ccc(N2CCOCC2)cc1NC1CCOCC1. The van der Waals surface area contributed by atoms with Gasteiger partial charge in [0, 0.05) is 80.6 Å². The minimum Gasteiger partial charge on any atom is -0.381 e. The Hall–Kier alpha value is -3.59. The van der Waals surface area contributed by atoms with Crippen LogP contribution in [-0.2, 0) is 32.5 Å². The predicted octanol–water partition coefficient (Wildman–Crippen LogP) is 3.11. The molecule has 224 valence electrons. The normalized spacial score (nSPS) is 18.5. The molecular formula is C28H32F2N6O5S. The van der Waals surface area contributed by atoms with E-state index in [1.54, 1.807) is 6.07 Å². The lowest BCUT2D eigenvalue weighted by Crippen LogP contribution is -2.36. The van der Waals surface area contributed by atoms with E-state index in [0.717, 1.165) is 48.1 Å². The van der Waals surface area contributed by atoms with Crippen molar-refractivity contribution in [3.05, 3.63) is 64.9 Å². The number of aromatic nitrogens is 2. The average molecular weight is 603 g/mol. The van der Waals surface area contributed by atoms with Crippen molar-refractivity contribution < 1.29 is 31.5 Å². The van der Waals surface area contributed by atoms with Gasteiger partial charge in [0.15, 0.2) is 5.82 Å². The molecule has 0 saturated carbocycles. The van der Waals surface area contributed by atoms with Crippen molar-refractivity contribution in [2.45, 2.75) is 36.7 Å². The summed E-state index contributed by atoms with van der Waals surface area (Å²) in [6.45, 7) is 4.03. The Morgan fingerprint density at radius 2 is 1.69 bits per heavy atom. The van der Waals surface area contributed by atoms with Gasteiger partial charge in [-0.3, -0.25) is 9.89 Å². The Morgan fingerprint density at radius 3 is 2.43 bits per heavy atom. The number of H-pyrrole nitrogens is 1. The Balaban J connectivity index is 1.24. The summed E-state index contributed by atoms with van der Waals surface area (Å²) in [7, 11) is -4.20. The molecule has 0 unspecified atom stereocenters. The van der Waals surface area contributed by atoms with Crippen molar-refractivity contribution in [1.82, 2.24) is 14.5 Å². The van der Waals surface area contributed by atoms with Gasteiger partial charge in [0.05, 0.1) is 23.7 Å². The van der Waals surface area contributed by atoms with Crippen LogP contribution in [0.2, 0.25) is 0 Å². The molecule has 0 bridgehead atoms. The van der Waals surface area contributed by atoms with Crippen LogP contribution in [0.5, 0.6) is 0 Å². The second-order valence-corrected chi connectivity index (χ2v) is 12.5. The quantitative estimate of drug-likeness (QED) is 0.377. The average Bonchev–Trinajstić information content (AvgIpc) is 3.39. The van der Waals surface area contributed by atoms with E-state index in [1.807, 2.05) is 12.1 Å². The van der Waals surface area contributed by atoms with Gasteiger partial charge in [0.1, 0.15) is 11.6 Å². The molecule has 2 saturated heterocycles. The Kier molecular flexibility index (Phi) is 8.12. The Morgan fingerprint density at radius 1 is 0.976 bits per heavy atom. The van der Waals surface area contributed by atoms with Crippen molar-refractivity contribution in [2.75, 3.05) is 61.6 Å². The molecule has 6 rings (SSSR count). The van der Waals surface area contributed by atoms with Crippen LogP contribution in [0.4, 0.5) is 26.0 Å². The molecular weight excluding hydrogens is 570 g/mol. The lowest BCUT2D eigenvalue weighted by molar-refractivity contribution is 0.0904. The zero-order valence-corrected chi connectivity index (χ0v) is 23.7. The summed E-state index contributed by atoms with van der Waals surface area (Å²) in [5, 5.41) is 13.5. The van der Waals surface area contributed by atoms with Gasteiger partial charge in [-0.05, 0) is 43.2 Å². The predicted molar refractivity (Wildman–Crippen MR) is 151 cm³/mol. The summed E-state index contributed by atoms with van der Waals surface area (Å²) >= 11 is 0. The van der Waals surface area contributed by atoms with E-state index in [1.165, 1.54) is 0 Å². The van der Waals surface area contributed by atoms with Gasteiger partial charge in [-0.1, -0.05) is 0 Å². The molecule has 4 heterocycles. The number of morpholine rings is 1. The van der Waals surface area contributed by atoms with Crippen LogP contribution in [0.3, 0.4) is 0 Å². The van der Waals surface area contributed by atoms with Gasteiger partial charge in [-0.25, -0.2) is 17.2 Å². The topological polar surface area (TPSA) is 129 Å². The highest BCUT2D eigenvalue weighted by Gasteiger charge is 2.32. The number of nitrogens with one attached hydrogen (secondary N) is 3. The summed E-state index contributed by atoms with van der Waals surface area (Å²) in [5.74, 6) is -2.16. The first-order chi connectivity index (χ1) is 20.3. The zero-order valence-electron chi connectivity index (χ0n) is 22.9. The standard InChI is InChI=1S/C28H32F2N6O5S/c29-18-13-19(30)15-22(14-18)42(38,39)36-6-3-25-24(17-36)27(34-33-25)32-28(37)23-2-1-21(35-7-11-41-12-8-35)16-26(23)31-20-4-9-40-10-5-20/h1-2,13-16,20,31H,3-12,17H2,(H2,32,33,34,37). The number of carbonyl (C=O) groups is 1. The first kappa shape index (κ1) is 28.5. The third-order valence-corrected chi connectivity index (χ3v) is 9.63. The second-order valence-electron chi connectivity index (χ2n) is 10.5. The minimum atomic E-state index is -4.20. The van der Waals surface area contributed by atoms with Crippen LogP contribution in [0.15, 0.2) is 41.3 Å². The van der Waals surface area contributed by atoms with Gasteiger partial charge < -0.3 is 25.0 Å². The smallest absolute Gasteiger partial charge is 0.258 e. The van der Waals surface area contributed by atoms with Gasteiger partial charge in [0.25, 0.3) is 5.91 Å². The van der Waals surface area contributed by atoms with Crippen LogP contribution >= 0.6 is 0 Å². The third-order valence-electron chi connectivity index (χ3n) is 7.81. The molecule has 42 heavy (non-hydrogen) atoms. The van der Waals surface area contributed by atoms with E-state index < -0.39 is 32.5 Å². The number of hydrogen-bond acceptors (Lipinski definition) is 8. The van der Waals surface area contributed by atoms with Crippen molar-refractivity contribution in [2.24, 2.45) is 0 Å². The van der Waals surface area contributed by atoms with Gasteiger partial charge in [-0.2, -0.15) is 9.40 Å². The minimum absolute atomic E-state index is 0.0885. The molecule has 3 aliphatic rings. The molecule has 3 N–H and O–H groups in total. The summed E-state index contributed by atoms with van der Waals surface area (Å²) < 4.78 is 66.1. The summed E-state index contributed by atoms with van der Waals surface area (Å²) in [5.41, 5.74) is 3.27. The molecule has 0 radical (unpaired) electrons. The third kappa shape index (κ3) is 5.98. The van der Waals surface area contributed by atoms with Gasteiger partial charge >= 0.3 is 0 Å². The first-order valence-electron chi connectivity index (χ1n) is 13.9. The fourth-order valence-corrected chi connectivity index (χ4v) is 6.96. The Labute approximate surface area is 242 Å². The fraction of sp³-hybridized carbons (Fsp3) is 0.429. The van der Waals surface area contributed by atoms with E-state index in [-0.39, 0.29) is 24.9 Å². The van der Waals surface area contributed by atoms with E-state index in [4.69, 9.17) is 9.47 Å². The molecule has 3 aromatic rings. The van der Waals surface area contributed by atoms with Crippen molar-refractivity contribution in [1.29, 1.82) is 0 Å². The van der Waals surface area contributed by atoms with Crippen molar-refractivity contribution in [3.63, 3.8) is 0 Å². The van der Waals surface area contributed by atoms with E-state index in [0.29, 0.717) is 61.4 Å².